The molecule has 0 heterocycles. The molecule has 0 bridgehead atoms. The quantitative estimate of drug-likeness (QED) is 0.213. The Morgan fingerprint density at radius 1 is 0.667 bits per heavy atom. The van der Waals surface area contributed by atoms with Crippen molar-refractivity contribution in [2.75, 3.05) is 6.61 Å². The Labute approximate surface area is 167 Å². The van der Waals surface area contributed by atoms with Gasteiger partial charge in [0, 0.05) is 0 Å². The third-order valence-corrected chi connectivity index (χ3v) is 4.88. The lowest BCUT2D eigenvalue weighted by Crippen LogP contribution is -2.29. The van der Waals surface area contributed by atoms with Crippen molar-refractivity contribution < 1.29 is 19.1 Å². The summed E-state index contributed by atoms with van der Waals surface area (Å²) < 4.78 is 10.7. The van der Waals surface area contributed by atoms with Gasteiger partial charge in [-0.3, -0.25) is 9.59 Å². The summed E-state index contributed by atoms with van der Waals surface area (Å²) in [7, 11) is 0. The van der Waals surface area contributed by atoms with E-state index >= 15 is 0 Å². The molecule has 160 valence electrons. The summed E-state index contributed by atoms with van der Waals surface area (Å²) in [5.74, 6) is -0.0544. The molecule has 0 fully saturated rings. The van der Waals surface area contributed by atoms with Crippen LogP contribution in [0.15, 0.2) is 0 Å². The molecule has 0 aliphatic carbocycles. The summed E-state index contributed by atoms with van der Waals surface area (Å²) in [6.45, 7) is 10.9. The molecule has 0 saturated heterocycles. The van der Waals surface area contributed by atoms with Gasteiger partial charge in [0.2, 0.25) is 0 Å². The van der Waals surface area contributed by atoms with Crippen LogP contribution in [0.5, 0.6) is 0 Å². The van der Waals surface area contributed by atoms with Gasteiger partial charge < -0.3 is 9.47 Å². The van der Waals surface area contributed by atoms with E-state index in [4.69, 9.17) is 9.47 Å². The summed E-state index contributed by atoms with van der Waals surface area (Å²) in [5, 5.41) is 0. The molecule has 0 amide bonds. The fourth-order valence-corrected chi connectivity index (χ4v) is 3.30. The van der Waals surface area contributed by atoms with Crippen molar-refractivity contribution in [1.29, 1.82) is 0 Å². The van der Waals surface area contributed by atoms with E-state index in [9.17, 15) is 9.59 Å². The minimum atomic E-state index is -0.307. The second-order valence-corrected chi connectivity index (χ2v) is 8.34. The van der Waals surface area contributed by atoms with Gasteiger partial charge in [0.15, 0.2) is 0 Å². The lowest BCUT2D eigenvalue weighted by Gasteiger charge is -2.24. The highest BCUT2D eigenvalue weighted by molar-refractivity contribution is 5.77. The molecule has 27 heavy (non-hydrogen) atoms. The van der Waals surface area contributed by atoms with Crippen LogP contribution in [0.4, 0.5) is 0 Å². The van der Waals surface area contributed by atoms with Crippen molar-refractivity contribution in [1.82, 2.24) is 0 Å². The van der Waals surface area contributed by atoms with E-state index in [1.165, 1.54) is 51.4 Å². The number of unbranched alkanes of at least 4 members (excludes halogenated alkanes) is 9. The molecular formula is C23H44O4. The maximum Gasteiger partial charge on any atom is 0.306 e. The first-order valence-electron chi connectivity index (χ1n) is 11.2. The highest BCUT2D eigenvalue weighted by Crippen LogP contribution is 2.17. The van der Waals surface area contributed by atoms with Crippen LogP contribution >= 0.6 is 0 Å². The molecule has 0 aliphatic heterocycles. The van der Waals surface area contributed by atoms with E-state index in [1.807, 2.05) is 27.7 Å². The molecule has 0 saturated carbocycles. The van der Waals surface area contributed by atoms with E-state index in [-0.39, 0.29) is 42.7 Å². The monoisotopic (exact) mass is 384 g/mol. The molecule has 0 aromatic rings. The lowest BCUT2D eigenvalue weighted by atomic mass is 9.96. The average Bonchev–Trinajstić information content (AvgIpc) is 2.61. The highest BCUT2D eigenvalue weighted by atomic mass is 16.5. The van der Waals surface area contributed by atoms with E-state index in [0.717, 1.165) is 12.8 Å². The molecule has 0 aromatic carbocycles. The lowest BCUT2D eigenvalue weighted by molar-refractivity contribution is -0.157. The van der Waals surface area contributed by atoms with Gasteiger partial charge in [0.1, 0.15) is 6.10 Å². The molecule has 0 aliphatic rings. The highest BCUT2D eigenvalue weighted by Gasteiger charge is 2.22. The Morgan fingerprint density at radius 2 is 1.11 bits per heavy atom. The molecule has 0 atom stereocenters. The van der Waals surface area contributed by atoms with Crippen LogP contribution in [0, 0.1) is 11.8 Å². The van der Waals surface area contributed by atoms with Crippen molar-refractivity contribution >= 4 is 11.9 Å². The summed E-state index contributed by atoms with van der Waals surface area (Å²) in [6.07, 6.45) is 12.7. The number of hydrogen-bond donors (Lipinski definition) is 0. The molecule has 0 unspecified atom stereocenters. The van der Waals surface area contributed by atoms with Gasteiger partial charge in [-0.15, -0.1) is 0 Å². The van der Waals surface area contributed by atoms with Gasteiger partial charge in [0.05, 0.1) is 19.4 Å². The second kappa shape index (κ2) is 17.1. The van der Waals surface area contributed by atoms with Crippen molar-refractivity contribution in [2.24, 2.45) is 11.8 Å². The van der Waals surface area contributed by atoms with Crippen LogP contribution < -0.4 is 0 Å². The summed E-state index contributed by atoms with van der Waals surface area (Å²) in [4.78, 5) is 23.6. The minimum absolute atomic E-state index is 0.0971. The third kappa shape index (κ3) is 15.7. The second-order valence-electron chi connectivity index (χ2n) is 8.34. The predicted molar refractivity (Wildman–Crippen MR) is 112 cm³/mol. The summed E-state index contributed by atoms with van der Waals surface area (Å²) in [5.41, 5.74) is 0. The maximum absolute atomic E-state index is 11.9. The van der Waals surface area contributed by atoms with Crippen LogP contribution in [0.1, 0.15) is 112 Å². The van der Waals surface area contributed by atoms with Gasteiger partial charge >= 0.3 is 11.9 Å². The number of esters is 2. The number of ether oxygens (including phenoxy) is 2. The smallest absolute Gasteiger partial charge is 0.306 e. The van der Waals surface area contributed by atoms with Gasteiger partial charge in [-0.1, -0.05) is 92.4 Å². The standard InChI is InChI=1S/C23H44O4/c1-6-7-8-9-10-11-12-13-14-15-18-26-21(24)16-17-22(25)27-23(19(2)3)20(4)5/h19-20,23H,6-18H2,1-5H3. The Morgan fingerprint density at radius 3 is 1.59 bits per heavy atom. The zero-order chi connectivity index (χ0) is 20.5. The van der Waals surface area contributed by atoms with Crippen LogP contribution in [0.2, 0.25) is 0 Å². The zero-order valence-electron chi connectivity index (χ0n) is 18.6. The first-order chi connectivity index (χ1) is 12.9. The summed E-state index contributed by atoms with van der Waals surface area (Å²) in [6, 6.07) is 0. The Kier molecular flexibility index (Phi) is 16.4. The van der Waals surface area contributed by atoms with Crippen LogP contribution in [0.25, 0.3) is 0 Å². The van der Waals surface area contributed by atoms with Crippen molar-refractivity contribution in [3.8, 4) is 0 Å². The maximum atomic E-state index is 11.9. The Hall–Kier alpha value is -1.06. The largest absolute Gasteiger partial charge is 0.466 e. The number of hydrogen-bond acceptors (Lipinski definition) is 4. The van der Waals surface area contributed by atoms with Gasteiger partial charge in [0.25, 0.3) is 0 Å². The summed E-state index contributed by atoms with van der Waals surface area (Å²) >= 11 is 0. The molecule has 4 heteroatoms. The fraction of sp³-hybridized carbons (Fsp3) is 0.913. The first kappa shape index (κ1) is 25.9. The van der Waals surface area contributed by atoms with Crippen molar-refractivity contribution in [3.05, 3.63) is 0 Å². The van der Waals surface area contributed by atoms with Crippen molar-refractivity contribution in [2.45, 2.75) is 118 Å². The molecule has 4 nitrogen and oxygen atoms in total. The van der Waals surface area contributed by atoms with Crippen LogP contribution in [0.3, 0.4) is 0 Å². The fourth-order valence-electron chi connectivity index (χ4n) is 3.30. The molecule has 0 aromatic heterocycles. The Bertz CT molecular complexity index is 369. The molecule has 0 rings (SSSR count). The normalized spacial score (nSPS) is 11.4. The molecular weight excluding hydrogens is 340 g/mol. The molecule has 0 spiro atoms. The van der Waals surface area contributed by atoms with Gasteiger partial charge in [-0.2, -0.15) is 0 Å². The third-order valence-electron chi connectivity index (χ3n) is 4.88. The van der Waals surface area contributed by atoms with E-state index in [1.54, 1.807) is 0 Å². The topological polar surface area (TPSA) is 52.6 Å². The SMILES string of the molecule is CCCCCCCCCCCCOC(=O)CCC(=O)OC(C(C)C)C(C)C. The van der Waals surface area contributed by atoms with Crippen LogP contribution in [-0.4, -0.2) is 24.6 Å². The number of rotatable bonds is 17. The van der Waals surface area contributed by atoms with Crippen molar-refractivity contribution in [3.63, 3.8) is 0 Å². The van der Waals surface area contributed by atoms with Gasteiger partial charge in [-0.25, -0.2) is 0 Å². The number of carbonyl (C=O) groups is 2. The van der Waals surface area contributed by atoms with Gasteiger partial charge in [-0.05, 0) is 18.3 Å². The zero-order valence-corrected chi connectivity index (χ0v) is 18.6. The first-order valence-corrected chi connectivity index (χ1v) is 11.2. The minimum Gasteiger partial charge on any atom is -0.466 e. The molecule has 0 N–H and O–H groups in total. The average molecular weight is 385 g/mol. The molecule has 0 radical (unpaired) electrons. The van der Waals surface area contributed by atoms with Crippen LogP contribution in [-0.2, 0) is 19.1 Å². The van der Waals surface area contributed by atoms with E-state index < -0.39 is 0 Å². The number of carbonyl (C=O) groups excluding carboxylic acids is 2. The van der Waals surface area contributed by atoms with E-state index in [2.05, 4.69) is 6.92 Å². The predicted octanol–water partition coefficient (Wildman–Crippen LogP) is 6.45. The Balaban J connectivity index is 3.57. The van der Waals surface area contributed by atoms with E-state index in [0.29, 0.717) is 6.61 Å².